The lowest BCUT2D eigenvalue weighted by atomic mass is 9.78. The van der Waals surface area contributed by atoms with E-state index in [-0.39, 0.29) is 10.9 Å². The van der Waals surface area contributed by atoms with Gasteiger partial charge in [0.15, 0.2) is 0 Å². The lowest BCUT2D eigenvalue weighted by Gasteiger charge is -2.37. The number of ether oxygens (including phenoxy) is 1. The quantitative estimate of drug-likeness (QED) is 0.663. The first-order chi connectivity index (χ1) is 8.06. The molecule has 0 aromatic carbocycles. The monoisotopic (exact) mass is 258 g/mol. The minimum Gasteiger partial charge on any atom is -0.392 e. The van der Waals surface area contributed by atoms with E-state index < -0.39 is 11.5 Å². The first-order valence-corrected chi connectivity index (χ1v) is 6.32. The molecule has 0 radical (unpaired) electrons. The Kier molecular flexibility index (Phi) is 3.65. The minimum atomic E-state index is -0.752. The number of amides is 1. The highest BCUT2D eigenvalue weighted by atomic mass is 32.1. The van der Waals surface area contributed by atoms with Gasteiger partial charge in [-0.15, -0.1) is 0 Å². The first-order valence-electron chi connectivity index (χ1n) is 5.91. The van der Waals surface area contributed by atoms with Crippen LogP contribution < -0.4 is 5.73 Å². The van der Waals surface area contributed by atoms with E-state index in [0.29, 0.717) is 45.6 Å². The van der Waals surface area contributed by atoms with Gasteiger partial charge in [0.05, 0.1) is 11.1 Å². The smallest absolute Gasteiger partial charge is 0.235 e. The van der Waals surface area contributed by atoms with Gasteiger partial charge < -0.3 is 20.5 Å². The second-order valence-corrected chi connectivity index (χ2v) is 5.19. The molecule has 2 saturated heterocycles. The molecule has 2 heterocycles. The molecule has 2 fully saturated rings. The highest BCUT2D eigenvalue weighted by molar-refractivity contribution is 7.80. The summed E-state index contributed by atoms with van der Waals surface area (Å²) in [4.78, 5) is 14.4. The average Bonchev–Trinajstić information content (AvgIpc) is 2.75. The van der Waals surface area contributed by atoms with Crippen molar-refractivity contribution in [1.29, 1.82) is 0 Å². The standard InChI is InChI=1S/C11H18N2O3S/c12-9(17)11(2-5-16-6-3-11)10(15)13-4-1-8(14)7-13/h8,14H,1-7H2,(H2,12,17). The zero-order valence-electron chi connectivity index (χ0n) is 9.72. The molecule has 1 unspecified atom stereocenters. The number of likely N-dealkylation sites (tertiary alicyclic amines) is 1. The molecule has 2 aliphatic heterocycles. The number of hydrogen-bond donors (Lipinski definition) is 2. The zero-order chi connectivity index (χ0) is 12.5. The third kappa shape index (κ3) is 2.29. The van der Waals surface area contributed by atoms with E-state index in [1.54, 1.807) is 4.90 Å². The van der Waals surface area contributed by atoms with E-state index in [4.69, 9.17) is 22.7 Å². The van der Waals surface area contributed by atoms with Gasteiger partial charge in [0.25, 0.3) is 0 Å². The molecule has 0 spiro atoms. The van der Waals surface area contributed by atoms with E-state index in [1.165, 1.54) is 0 Å². The highest BCUT2D eigenvalue weighted by Crippen LogP contribution is 2.34. The van der Waals surface area contributed by atoms with Crippen LogP contribution in [0.25, 0.3) is 0 Å². The topological polar surface area (TPSA) is 75.8 Å². The highest BCUT2D eigenvalue weighted by Gasteiger charge is 2.46. The minimum absolute atomic E-state index is 0.0372. The van der Waals surface area contributed by atoms with Crippen LogP contribution in [-0.2, 0) is 9.53 Å². The molecule has 0 aliphatic carbocycles. The Labute approximate surface area is 106 Å². The predicted molar refractivity (Wildman–Crippen MR) is 66.5 cm³/mol. The maximum absolute atomic E-state index is 12.5. The summed E-state index contributed by atoms with van der Waals surface area (Å²) in [5.41, 5.74) is 5.02. The SMILES string of the molecule is NC(=S)C1(C(=O)N2CCC(O)C2)CCOCC1. The second kappa shape index (κ2) is 4.88. The number of hydrogen-bond acceptors (Lipinski definition) is 4. The van der Waals surface area contributed by atoms with Gasteiger partial charge in [-0.25, -0.2) is 0 Å². The second-order valence-electron chi connectivity index (χ2n) is 4.75. The molecule has 3 N–H and O–H groups in total. The maximum Gasteiger partial charge on any atom is 0.235 e. The lowest BCUT2D eigenvalue weighted by Crippen LogP contribution is -2.52. The molecule has 96 valence electrons. The molecule has 0 bridgehead atoms. The van der Waals surface area contributed by atoms with Crippen LogP contribution >= 0.6 is 12.2 Å². The van der Waals surface area contributed by atoms with Crippen molar-refractivity contribution >= 4 is 23.1 Å². The fraction of sp³-hybridized carbons (Fsp3) is 0.818. The summed E-state index contributed by atoms with van der Waals surface area (Å²) in [6.07, 6.45) is 1.32. The van der Waals surface area contributed by atoms with E-state index in [1.807, 2.05) is 0 Å². The van der Waals surface area contributed by atoms with Crippen LogP contribution in [0.5, 0.6) is 0 Å². The van der Waals surface area contributed by atoms with Crippen LogP contribution in [0.15, 0.2) is 0 Å². The molecular weight excluding hydrogens is 240 g/mol. The van der Waals surface area contributed by atoms with Gasteiger partial charge in [0.1, 0.15) is 5.41 Å². The summed E-state index contributed by atoms with van der Waals surface area (Å²) in [7, 11) is 0. The summed E-state index contributed by atoms with van der Waals surface area (Å²) < 4.78 is 5.27. The maximum atomic E-state index is 12.5. The van der Waals surface area contributed by atoms with Crippen LogP contribution in [0.2, 0.25) is 0 Å². The summed E-state index contributed by atoms with van der Waals surface area (Å²) in [6.45, 7) is 2.01. The molecule has 1 atom stereocenters. The van der Waals surface area contributed by atoms with Crippen molar-refractivity contribution in [3.05, 3.63) is 0 Å². The Bertz CT molecular complexity index is 329. The van der Waals surface area contributed by atoms with Crippen molar-refractivity contribution in [1.82, 2.24) is 4.90 Å². The predicted octanol–water partition coefficient (Wildman–Crippen LogP) is -0.338. The molecule has 2 aliphatic rings. The molecule has 2 rings (SSSR count). The lowest BCUT2D eigenvalue weighted by molar-refractivity contribution is -0.141. The number of carbonyl (C=O) groups is 1. The number of nitrogens with zero attached hydrogens (tertiary/aromatic N) is 1. The van der Waals surface area contributed by atoms with E-state index in [2.05, 4.69) is 0 Å². The molecule has 0 aromatic heterocycles. The molecule has 1 amide bonds. The van der Waals surface area contributed by atoms with Crippen molar-refractivity contribution in [3.8, 4) is 0 Å². The summed E-state index contributed by atoms with van der Waals surface area (Å²) in [5.74, 6) is -0.0372. The molecule has 0 saturated carbocycles. The first kappa shape index (κ1) is 12.7. The van der Waals surface area contributed by atoms with Gasteiger partial charge in [-0.2, -0.15) is 0 Å². The van der Waals surface area contributed by atoms with Gasteiger partial charge in [-0.3, -0.25) is 4.79 Å². The Balaban J connectivity index is 2.15. The molecule has 5 nitrogen and oxygen atoms in total. The van der Waals surface area contributed by atoms with Crippen LogP contribution in [0.1, 0.15) is 19.3 Å². The molecular formula is C11H18N2O3S. The molecule has 6 heteroatoms. The van der Waals surface area contributed by atoms with Gasteiger partial charge in [0, 0.05) is 26.3 Å². The summed E-state index contributed by atoms with van der Waals surface area (Å²) in [5, 5.41) is 9.49. The van der Waals surface area contributed by atoms with Crippen molar-refractivity contribution in [2.24, 2.45) is 11.1 Å². The van der Waals surface area contributed by atoms with Crippen LogP contribution in [0, 0.1) is 5.41 Å². The summed E-state index contributed by atoms with van der Waals surface area (Å²) >= 11 is 5.08. The fourth-order valence-electron chi connectivity index (χ4n) is 2.51. The molecule has 17 heavy (non-hydrogen) atoms. The van der Waals surface area contributed by atoms with Crippen molar-refractivity contribution in [3.63, 3.8) is 0 Å². The number of aliphatic hydroxyl groups excluding tert-OH is 1. The average molecular weight is 258 g/mol. The number of nitrogens with two attached hydrogens (primary N) is 1. The van der Waals surface area contributed by atoms with Crippen LogP contribution in [-0.4, -0.2) is 53.3 Å². The third-order valence-corrected chi connectivity index (χ3v) is 4.07. The summed E-state index contributed by atoms with van der Waals surface area (Å²) in [6, 6.07) is 0. The van der Waals surface area contributed by atoms with E-state index >= 15 is 0 Å². The normalized spacial score (nSPS) is 28.1. The largest absolute Gasteiger partial charge is 0.392 e. The Morgan fingerprint density at radius 3 is 2.59 bits per heavy atom. The van der Waals surface area contributed by atoms with Gasteiger partial charge in [-0.1, -0.05) is 12.2 Å². The number of rotatable bonds is 2. The van der Waals surface area contributed by atoms with Crippen molar-refractivity contribution in [2.45, 2.75) is 25.4 Å². The van der Waals surface area contributed by atoms with Crippen LogP contribution in [0.3, 0.4) is 0 Å². The van der Waals surface area contributed by atoms with E-state index in [0.717, 1.165) is 0 Å². The van der Waals surface area contributed by atoms with Gasteiger partial charge in [0.2, 0.25) is 5.91 Å². The number of thiocarbonyl (C=S) groups is 1. The van der Waals surface area contributed by atoms with Gasteiger partial charge in [-0.05, 0) is 19.3 Å². The van der Waals surface area contributed by atoms with Gasteiger partial charge >= 0.3 is 0 Å². The number of aliphatic hydroxyl groups is 1. The molecule has 0 aromatic rings. The van der Waals surface area contributed by atoms with Crippen LogP contribution in [0.4, 0.5) is 0 Å². The number of carbonyl (C=O) groups excluding carboxylic acids is 1. The van der Waals surface area contributed by atoms with Crippen molar-refractivity contribution in [2.75, 3.05) is 26.3 Å². The van der Waals surface area contributed by atoms with Crippen molar-refractivity contribution < 1.29 is 14.6 Å². The zero-order valence-corrected chi connectivity index (χ0v) is 10.5. The Morgan fingerprint density at radius 1 is 1.47 bits per heavy atom. The van der Waals surface area contributed by atoms with E-state index in [9.17, 15) is 9.90 Å². The number of β-amino-alcohol motifs (C(OH)–C–C–N with tert-alkyl or cyclic N) is 1. The Hall–Kier alpha value is -0.720. The third-order valence-electron chi connectivity index (χ3n) is 3.68. The Morgan fingerprint density at radius 2 is 2.12 bits per heavy atom. The fourth-order valence-corrected chi connectivity index (χ4v) is 2.81.